The number of ether oxygens (including phenoxy) is 1. The lowest BCUT2D eigenvalue weighted by atomic mass is 10.1. The van der Waals surface area contributed by atoms with E-state index in [4.69, 9.17) is 4.74 Å². The third kappa shape index (κ3) is 4.76. The fourth-order valence-electron chi connectivity index (χ4n) is 3.38. The number of methoxy groups -OCH3 is 1. The Morgan fingerprint density at radius 2 is 1.88 bits per heavy atom. The van der Waals surface area contributed by atoms with Crippen molar-refractivity contribution in [2.24, 2.45) is 0 Å². The van der Waals surface area contributed by atoms with Gasteiger partial charge in [-0.2, -0.15) is 0 Å². The molecule has 0 radical (unpaired) electrons. The fourth-order valence-corrected chi connectivity index (χ4v) is 3.38. The van der Waals surface area contributed by atoms with Crippen LogP contribution < -0.4 is 10.1 Å². The molecule has 1 aliphatic heterocycles. The Hall–Kier alpha value is -2.53. The highest BCUT2D eigenvalue weighted by Crippen LogP contribution is 2.17. The van der Waals surface area contributed by atoms with E-state index in [1.54, 1.807) is 7.11 Å². The lowest BCUT2D eigenvalue weighted by Gasteiger charge is -2.39. The molecule has 1 aliphatic rings. The van der Waals surface area contributed by atoms with Crippen LogP contribution >= 0.6 is 0 Å². The van der Waals surface area contributed by atoms with E-state index in [2.05, 4.69) is 29.3 Å². The second-order valence-corrected chi connectivity index (χ2v) is 6.77. The lowest BCUT2D eigenvalue weighted by Crippen LogP contribution is -2.56. The zero-order valence-electron chi connectivity index (χ0n) is 15.5. The van der Waals surface area contributed by atoms with E-state index < -0.39 is 0 Å². The number of benzene rings is 2. The first kappa shape index (κ1) is 18.3. The van der Waals surface area contributed by atoms with Crippen molar-refractivity contribution >= 4 is 6.03 Å². The van der Waals surface area contributed by atoms with Crippen LogP contribution in [0.1, 0.15) is 18.1 Å². The molecule has 3 rings (SSSR count). The summed E-state index contributed by atoms with van der Waals surface area (Å²) in [6.07, 6.45) is 0. The van der Waals surface area contributed by atoms with Crippen LogP contribution in [0.15, 0.2) is 54.6 Å². The number of hydrogen-bond donors (Lipinski definition) is 1. The Kier molecular flexibility index (Phi) is 6.12. The first-order chi connectivity index (χ1) is 12.7. The average molecular weight is 353 g/mol. The summed E-state index contributed by atoms with van der Waals surface area (Å²) in [5, 5.41) is 3.03. The summed E-state index contributed by atoms with van der Waals surface area (Å²) < 4.78 is 5.30. The molecule has 26 heavy (non-hydrogen) atoms. The molecule has 0 unspecified atom stereocenters. The van der Waals surface area contributed by atoms with Crippen LogP contribution in [0.3, 0.4) is 0 Å². The first-order valence-corrected chi connectivity index (χ1v) is 9.09. The van der Waals surface area contributed by atoms with Gasteiger partial charge in [-0.3, -0.25) is 4.90 Å². The lowest BCUT2D eigenvalue weighted by molar-refractivity contribution is 0.0973. The highest BCUT2D eigenvalue weighted by atomic mass is 16.5. The van der Waals surface area contributed by atoms with Crippen molar-refractivity contribution in [3.05, 3.63) is 65.7 Å². The Bertz CT molecular complexity index is 720. The molecule has 1 fully saturated rings. The molecule has 0 bridgehead atoms. The van der Waals surface area contributed by atoms with Gasteiger partial charge < -0.3 is 15.0 Å². The molecule has 5 heteroatoms. The van der Waals surface area contributed by atoms with Crippen molar-refractivity contribution in [1.29, 1.82) is 0 Å². The Labute approximate surface area is 155 Å². The summed E-state index contributed by atoms with van der Waals surface area (Å²) in [7, 11) is 1.69. The smallest absolute Gasteiger partial charge is 0.317 e. The van der Waals surface area contributed by atoms with Crippen molar-refractivity contribution < 1.29 is 9.53 Å². The summed E-state index contributed by atoms with van der Waals surface area (Å²) in [5.41, 5.74) is 2.35. The van der Waals surface area contributed by atoms with Gasteiger partial charge in [-0.15, -0.1) is 0 Å². The fraction of sp³-hybridized carbons (Fsp3) is 0.381. The van der Waals surface area contributed by atoms with Gasteiger partial charge >= 0.3 is 6.03 Å². The number of carbonyl (C=O) groups excluding carboxylic acids is 1. The largest absolute Gasteiger partial charge is 0.497 e. The maximum Gasteiger partial charge on any atom is 0.317 e. The molecule has 138 valence electrons. The molecular weight excluding hydrogens is 326 g/mol. The summed E-state index contributed by atoms with van der Waals surface area (Å²) in [4.78, 5) is 16.8. The van der Waals surface area contributed by atoms with Crippen LogP contribution in [0.25, 0.3) is 0 Å². The van der Waals surface area contributed by atoms with E-state index in [0.29, 0.717) is 6.54 Å². The van der Waals surface area contributed by atoms with Crippen LogP contribution in [0, 0.1) is 0 Å². The number of hydrogen-bond acceptors (Lipinski definition) is 3. The monoisotopic (exact) mass is 353 g/mol. The molecule has 1 N–H and O–H groups in total. The predicted molar refractivity (Wildman–Crippen MR) is 103 cm³/mol. The van der Waals surface area contributed by atoms with Gasteiger partial charge in [-0.25, -0.2) is 4.79 Å². The molecule has 2 aromatic carbocycles. The minimum absolute atomic E-state index is 0.0161. The van der Waals surface area contributed by atoms with Gasteiger partial charge in [-0.05, 0) is 30.2 Å². The second-order valence-electron chi connectivity index (χ2n) is 6.77. The molecule has 0 aromatic heterocycles. The molecule has 0 saturated carbocycles. The number of nitrogens with one attached hydrogen (secondary N) is 1. The Balaban J connectivity index is 1.50. The van der Waals surface area contributed by atoms with Gasteiger partial charge in [0.25, 0.3) is 0 Å². The normalized spacial score (nSPS) is 17.8. The number of nitrogens with zero attached hydrogens (tertiary/aromatic N) is 2. The third-order valence-electron chi connectivity index (χ3n) is 4.80. The van der Waals surface area contributed by atoms with Crippen LogP contribution in [0.2, 0.25) is 0 Å². The van der Waals surface area contributed by atoms with Crippen LogP contribution in [0.5, 0.6) is 5.75 Å². The van der Waals surface area contributed by atoms with Crippen molar-refractivity contribution in [1.82, 2.24) is 15.1 Å². The highest BCUT2D eigenvalue weighted by Gasteiger charge is 2.27. The van der Waals surface area contributed by atoms with E-state index in [1.165, 1.54) is 5.56 Å². The minimum atomic E-state index is 0.0161. The highest BCUT2D eigenvalue weighted by molar-refractivity contribution is 5.74. The summed E-state index contributed by atoms with van der Waals surface area (Å²) in [6, 6.07) is 18.4. The molecule has 0 spiro atoms. The summed E-state index contributed by atoms with van der Waals surface area (Å²) >= 11 is 0. The molecule has 1 atom stereocenters. The van der Waals surface area contributed by atoms with Gasteiger partial charge in [0.1, 0.15) is 5.75 Å². The van der Waals surface area contributed by atoms with Gasteiger partial charge in [0, 0.05) is 38.8 Å². The number of amides is 2. The number of urea groups is 1. The molecule has 1 heterocycles. The maximum absolute atomic E-state index is 12.5. The van der Waals surface area contributed by atoms with Crippen molar-refractivity contribution in [3.8, 4) is 5.75 Å². The van der Waals surface area contributed by atoms with E-state index in [1.807, 2.05) is 47.4 Å². The number of piperazine rings is 1. The van der Waals surface area contributed by atoms with Gasteiger partial charge in [0.15, 0.2) is 0 Å². The van der Waals surface area contributed by atoms with Gasteiger partial charge in [0.2, 0.25) is 0 Å². The topological polar surface area (TPSA) is 44.8 Å². The number of carbonyl (C=O) groups is 1. The summed E-state index contributed by atoms with van der Waals surface area (Å²) in [5.74, 6) is 0.884. The standard InChI is InChI=1S/C21H27N3O2/c1-17-15-23(16-19-9-6-10-20(13-19)26-2)11-12-24(17)21(25)22-14-18-7-4-3-5-8-18/h3-10,13,17H,11-12,14-16H2,1-2H3,(H,22,25)/t17-/m0/s1. The van der Waals surface area contributed by atoms with E-state index in [-0.39, 0.29) is 12.1 Å². The van der Waals surface area contributed by atoms with Crippen molar-refractivity contribution in [2.75, 3.05) is 26.7 Å². The van der Waals surface area contributed by atoms with E-state index in [9.17, 15) is 4.79 Å². The van der Waals surface area contributed by atoms with E-state index >= 15 is 0 Å². The first-order valence-electron chi connectivity index (χ1n) is 9.09. The second kappa shape index (κ2) is 8.72. The molecule has 1 saturated heterocycles. The molecular formula is C21H27N3O2. The SMILES string of the molecule is COc1cccc(CN2CCN(C(=O)NCc3ccccc3)[C@@H](C)C2)c1. The number of rotatable bonds is 5. The van der Waals surface area contributed by atoms with Crippen molar-refractivity contribution in [3.63, 3.8) is 0 Å². The van der Waals surface area contributed by atoms with Crippen LogP contribution in [-0.4, -0.2) is 48.6 Å². The zero-order valence-corrected chi connectivity index (χ0v) is 15.5. The van der Waals surface area contributed by atoms with Crippen molar-refractivity contribution in [2.45, 2.75) is 26.1 Å². The Morgan fingerprint density at radius 1 is 1.12 bits per heavy atom. The zero-order chi connectivity index (χ0) is 18.4. The maximum atomic E-state index is 12.5. The van der Waals surface area contributed by atoms with Crippen LogP contribution in [-0.2, 0) is 13.1 Å². The van der Waals surface area contributed by atoms with E-state index in [0.717, 1.165) is 37.5 Å². The predicted octanol–water partition coefficient (Wildman–Crippen LogP) is 3.11. The molecule has 5 nitrogen and oxygen atoms in total. The average Bonchev–Trinajstić information content (AvgIpc) is 2.67. The van der Waals surface area contributed by atoms with Crippen LogP contribution in [0.4, 0.5) is 4.79 Å². The molecule has 2 aromatic rings. The van der Waals surface area contributed by atoms with Gasteiger partial charge in [0.05, 0.1) is 7.11 Å². The van der Waals surface area contributed by atoms with Gasteiger partial charge in [-0.1, -0.05) is 42.5 Å². The molecule has 0 aliphatic carbocycles. The summed E-state index contributed by atoms with van der Waals surface area (Å²) in [6.45, 7) is 6.04. The third-order valence-corrected chi connectivity index (χ3v) is 4.80. The Morgan fingerprint density at radius 3 is 2.62 bits per heavy atom. The quantitative estimate of drug-likeness (QED) is 0.898. The molecule has 2 amide bonds. The minimum Gasteiger partial charge on any atom is -0.497 e.